The highest BCUT2D eigenvalue weighted by Gasteiger charge is 2.25. The molecule has 0 aromatic carbocycles. The number of hydrogen-bond donors (Lipinski definition) is 1. The molecule has 1 heterocycles. The van der Waals surface area contributed by atoms with Gasteiger partial charge in [-0.25, -0.2) is 0 Å². The molecule has 2 atom stereocenters. The van der Waals surface area contributed by atoms with Gasteiger partial charge in [0.25, 0.3) is 0 Å². The Morgan fingerprint density at radius 1 is 1.64 bits per heavy atom. The molecule has 0 aromatic heterocycles. The maximum atomic E-state index is 5.87. The Balaban J connectivity index is 2.23. The monoisotopic (exact) mass is 154 g/mol. The van der Waals surface area contributed by atoms with E-state index in [1.165, 1.54) is 0 Å². The predicted octanol–water partition coefficient (Wildman–Crippen LogP) is 0.842. The van der Waals surface area contributed by atoms with E-state index in [2.05, 4.69) is 18.4 Å². The number of likely N-dealkylation sites (tertiary alicyclic amines) is 1. The van der Waals surface area contributed by atoms with Gasteiger partial charge in [-0.3, -0.25) is 0 Å². The van der Waals surface area contributed by atoms with Crippen molar-refractivity contribution in [3.05, 3.63) is 12.7 Å². The standard InChI is InChI=1S/C9H18N2/c1-3-4-5-11-6-8(2)9(10)7-11/h3,8-9H,1,4-7,10H2,2H3. The van der Waals surface area contributed by atoms with E-state index in [0.29, 0.717) is 12.0 Å². The molecule has 2 unspecified atom stereocenters. The lowest BCUT2D eigenvalue weighted by molar-refractivity contribution is 0.333. The van der Waals surface area contributed by atoms with Crippen LogP contribution in [0.15, 0.2) is 12.7 Å². The number of nitrogens with two attached hydrogens (primary N) is 1. The molecule has 0 aliphatic carbocycles. The Bertz CT molecular complexity index is 124. The van der Waals surface area contributed by atoms with Gasteiger partial charge in [-0.05, 0) is 12.3 Å². The first-order chi connectivity index (χ1) is 5.24. The summed E-state index contributed by atoms with van der Waals surface area (Å²) in [6.07, 6.45) is 3.05. The van der Waals surface area contributed by atoms with Crippen molar-refractivity contribution in [2.75, 3.05) is 19.6 Å². The first kappa shape index (κ1) is 8.75. The summed E-state index contributed by atoms with van der Waals surface area (Å²) in [5, 5.41) is 0. The van der Waals surface area contributed by atoms with Crippen molar-refractivity contribution in [3.8, 4) is 0 Å². The highest BCUT2D eigenvalue weighted by Crippen LogP contribution is 2.14. The summed E-state index contributed by atoms with van der Waals surface area (Å²) < 4.78 is 0. The summed E-state index contributed by atoms with van der Waals surface area (Å²) in [6.45, 7) is 9.28. The van der Waals surface area contributed by atoms with Crippen LogP contribution in [0.4, 0.5) is 0 Å². The fraction of sp³-hybridized carbons (Fsp3) is 0.778. The minimum Gasteiger partial charge on any atom is -0.326 e. The quantitative estimate of drug-likeness (QED) is 0.610. The van der Waals surface area contributed by atoms with E-state index < -0.39 is 0 Å². The van der Waals surface area contributed by atoms with Gasteiger partial charge in [0.1, 0.15) is 0 Å². The second-order valence-corrected chi connectivity index (χ2v) is 3.48. The smallest absolute Gasteiger partial charge is 0.0206 e. The highest BCUT2D eigenvalue weighted by molar-refractivity contribution is 4.84. The van der Waals surface area contributed by atoms with Gasteiger partial charge in [0.15, 0.2) is 0 Å². The molecule has 1 rings (SSSR count). The van der Waals surface area contributed by atoms with E-state index in [4.69, 9.17) is 5.73 Å². The third kappa shape index (κ3) is 2.31. The summed E-state index contributed by atoms with van der Waals surface area (Å²) in [5.41, 5.74) is 5.87. The molecule has 0 radical (unpaired) electrons. The van der Waals surface area contributed by atoms with Crippen molar-refractivity contribution in [1.82, 2.24) is 4.90 Å². The van der Waals surface area contributed by atoms with Gasteiger partial charge >= 0.3 is 0 Å². The Kier molecular flexibility index (Phi) is 3.09. The second-order valence-electron chi connectivity index (χ2n) is 3.48. The van der Waals surface area contributed by atoms with Crippen LogP contribution < -0.4 is 5.73 Å². The van der Waals surface area contributed by atoms with E-state index in [0.717, 1.165) is 26.1 Å². The fourth-order valence-electron chi connectivity index (χ4n) is 1.55. The van der Waals surface area contributed by atoms with Gasteiger partial charge in [0.05, 0.1) is 0 Å². The lowest BCUT2D eigenvalue weighted by Gasteiger charge is -2.12. The topological polar surface area (TPSA) is 29.3 Å². The summed E-state index contributed by atoms with van der Waals surface area (Å²) in [4.78, 5) is 2.41. The van der Waals surface area contributed by atoms with Crippen molar-refractivity contribution in [2.24, 2.45) is 11.7 Å². The SMILES string of the molecule is C=CCCN1CC(C)C(N)C1. The average Bonchev–Trinajstić information content (AvgIpc) is 2.28. The third-order valence-electron chi connectivity index (χ3n) is 2.40. The Hall–Kier alpha value is -0.340. The van der Waals surface area contributed by atoms with Gasteiger partial charge in [0.2, 0.25) is 0 Å². The van der Waals surface area contributed by atoms with Crippen LogP contribution in [-0.4, -0.2) is 30.6 Å². The molecule has 0 bridgehead atoms. The van der Waals surface area contributed by atoms with Crippen LogP contribution in [0.25, 0.3) is 0 Å². The maximum Gasteiger partial charge on any atom is 0.0206 e. The van der Waals surface area contributed by atoms with E-state index in [1.807, 2.05) is 6.08 Å². The minimum atomic E-state index is 0.389. The summed E-state index contributed by atoms with van der Waals surface area (Å²) >= 11 is 0. The van der Waals surface area contributed by atoms with Crippen molar-refractivity contribution >= 4 is 0 Å². The Morgan fingerprint density at radius 3 is 2.82 bits per heavy atom. The first-order valence-electron chi connectivity index (χ1n) is 4.33. The lowest BCUT2D eigenvalue weighted by Crippen LogP contribution is -2.28. The maximum absolute atomic E-state index is 5.87. The molecule has 2 heteroatoms. The van der Waals surface area contributed by atoms with Gasteiger partial charge in [-0.15, -0.1) is 6.58 Å². The second kappa shape index (κ2) is 3.88. The molecule has 0 amide bonds. The average molecular weight is 154 g/mol. The molecular formula is C9H18N2. The van der Waals surface area contributed by atoms with Crippen LogP contribution >= 0.6 is 0 Å². The molecule has 1 aliphatic rings. The molecule has 1 fully saturated rings. The molecule has 2 N–H and O–H groups in total. The number of hydrogen-bond acceptors (Lipinski definition) is 2. The van der Waals surface area contributed by atoms with E-state index in [1.54, 1.807) is 0 Å². The molecule has 0 saturated carbocycles. The Labute approximate surface area is 69.1 Å². The molecule has 64 valence electrons. The van der Waals surface area contributed by atoms with E-state index in [9.17, 15) is 0 Å². The minimum absolute atomic E-state index is 0.389. The molecule has 1 aliphatic heterocycles. The third-order valence-corrected chi connectivity index (χ3v) is 2.40. The zero-order chi connectivity index (χ0) is 8.27. The van der Waals surface area contributed by atoms with Crippen molar-refractivity contribution < 1.29 is 0 Å². The predicted molar refractivity (Wildman–Crippen MR) is 48.4 cm³/mol. The van der Waals surface area contributed by atoms with Gasteiger partial charge < -0.3 is 10.6 Å². The van der Waals surface area contributed by atoms with Crippen LogP contribution in [0.2, 0.25) is 0 Å². The molecule has 2 nitrogen and oxygen atoms in total. The molecule has 0 spiro atoms. The molecular weight excluding hydrogens is 136 g/mol. The summed E-state index contributed by atoms with van der Waals surface area (Å²) in [7, 11) is 0. The molecule has 11 heavy (non-hydrogen) atoms. The van der Waals surface area contributed by atoms with Gasteiger partial charge in [0, 0.05) is 25.7 Å². The van der Waals surface area contributed by atoms with Crippen LogP contribution in [0.3, 0.4) is 0 Å². The normalized spacial score (nSPS) is 32.5. The van der Waals surface area contributed by atoms with E-state index in [-0.39, 0.29) is 0 Å². The van der Waals surface area contributed by atoms with Crippen LogP contribution in [0.5, 0.6) is 0 Å². The summed E-state index contributed by atoms with van der Waals surface area (Å²) in [6, 6.07) is 0.389. The first-order valence-corrected chi connectivity index (χ1v) is 4.33. The zero-order valence-corrected chi connectivity index (χ0v) is 7.29. The van der Waals surface area contributed by atoms with Gasteiger partial charge in [-0.1, -0.05) is 13.0 Å². The highest BCUT2D eigenvalue weighted by atomic mass is 15.2. The lowest BCUT2D eigenvalue weighted by atomic mass is 10.1. The number of nitrogens with zero attached hydrogens (tertiary/aromatic N) is 1. The van der Waals surface area contributed by atoms with Crippen LogP contribution in [-0.2, 0) is 0 Å². The van der Waals surface area contributed by atoms with Gasteiger partial charge in [-0.2, -0.15) is 0 Å². The van der Waals surface area contributed by atoms with Crippen molar-refractivity contribution in [1.29, 1.82) is 0 Å². The Morgan fingerprint density at radius 2 is 2.36 bits per heavy atom. The zero-order valence-electron chi connectivity index (χ0n) is 7.29. The van der Waals surface area contributed by atoms with Crippen molar-refractivity contribution in [2.45, 2.75) is 19.4 Å². The number of rotatable bonds is 3. The van der Waals surface area contributed by atoms with Crippen LogP contribution in [0.1, 0.15) is 13.3 Å². The largest absolute Gasteiger partial charge is 0.326 e. The van der Waals surface area contributed by atoms with Crippen molar-refractivity contribution in [3.63, 3.8) is 0 Å². The van der Waals surface area contributed by atoms with E-state index >= 15 is 0 Å². The fourth-order valence-corrected chi connectivity index (χ4v) is 1.55. The van der Waals surface area contributed by atoms with Crippen LogP contribution in [0, 0.1) is 5.92 Å². The molecule has 0 aromatic rings. The molecule has 1 saturated heterocycles. The summed E-state index contributed by atoms with van der Waals surface area (Å²) in [5.74, 6) is 0.666.